The summed E-state index contributed by atoms with van der Waals surface area (Å²) in [6.45, 7) is 8.23. The molecule has 1 atom stereocenters. The molecule has 0 aliphatic rings. The Morgan fingerprint density at radius 3 is 2.12 bits per heavy atom. The lowest BCUT2D eigenvalue weighted by atomic mass is 10.1. The van der Waals surface area contributed by atoms with E-state index in [2.05, 4.69) is 5.32 Å². The van der Waals surface area contributed by atoms with E-state index in [4.69, 9.17) is 9.84 Å². The molecule has 0 spiro atoms. The third-order valence-corrected chi connectivity index (χ3v) is 3.77. The van der Waals surface area contributed by atoms with Gasteiger partial charge in [0.05, 0.1) is 0 Å². The van der Waals surface area contributed by atoms with Crippen LogP contribution in [0.4, 0.5) is 0 Å². The highest BCUT2D eigenvalue weighted by atomic mass is 16.5. The van der Waals surface area contributed by atoms with E-state index in [1.165, 1.54) is 0 Å². The number of ether oxygens (including phenoxy) is 1. The van der Waals surface area contributed by atoms with E-state index >= 15 is 0 Å². The zero-order chi connectivity index (χ0) is 19.0. The van der Waals surface area contributed by atoms with Crippen molar-refractivity contribution in [3.8, 4) is 5.75 Å². The van der Waals surface area contributed by atoms with Gasteiger partial charge < -0.3 is 20.1 Å². The molecule has 1 rings (SSSR count). The summed E-state index contributed by atoms with van der Waals surface area (Å²) >= 11 is 0. The fraction of sp³-hybridized carbons (Fsp3) is 0.500. The van der Waals surface area contributed by atoms with Crippen LogP contribution in [0.3, 0.4) is 0 Å². The van der Waals surface area contributed by atoms with E-state index in [9.17, 15) is 14.4 Å². The van der Waals surface area contributed by atoms with Gasteiger partial charge in [-0.15, -0.1) is 0 Å². The Hall–Kier alpha value is -2.57. The van der Waals surface area contributed by atoms with E-state index in [1.54, 1.807) is 43.0 Å². The molecule has 0 radical (unpaired) electrons. The number of carbonyl (C=O) groups excluding carboxylic acids is 2. The van der Waals surface area contributed by atoms with Gasteiger partial charge in [-0.25, -0.2) is 4.79 Å². The predicted molar refractivity (Wildman–Crippen MR) is 93.6 cm³/mol. The number of carboxylic acids is 1. The van der Waals surface area contributed by atoms with E-state index in [-0.39, 0.29) is 18.4 Å². The molecule has 0 aliphatic carbocycles. The van der Waals surface area contributed by atoms with Gasteiger partial charge in [0.2, 0.25) is 0 Å². The maximum absolute atomic E-state index is 12.2. The highest BCUT2D eigenvalue weighted by Gasteiger charge is 2.23. The van der Waals surface area contributed by atoms with Crippen LogP contribution >= 0.6 is 0 Å². The van der Waals surface area contributed by atoms with Crippen molar-refractivity contribution in [2.75, 3.05) is 19.7 Å². The number of carboxylic acid groups (broad SMARTS) is 1. The molecule has 25 heavy (non-hydrogen) atoms. The highest BCUT2D eigenvalue weighted by molar-refractivity contribution is 5.94. The minimum Gasteiger partial charge on any atom is -0.484 e. The lowest BCUT2D eigenvalue weighted by molar-refractivity contribution is -0.143. The molecule has 0 aromatic heterocycles. The van der Waals surface area contributed by atoms with E-state index < -0.39 is 17.9 Å². The Morgan fingerprint density at radius 2 is 1.68 bits per heavy atom. The average Bonchev–Trinajstić information content (AvgIpc) is 2.58. The third kappa shape index (κ3) is 6.10. The molecule has 138 valence electrons. The first kappa shape index (κ1) is 20.5. The van der Waals surface area contributed by atoms with Gasteiger partial charge in [-0.3, -0.25) is 9.59 Å². The van der Waals surface area contributed by atoms with Crippen molar-refractivity contribution in [2.24, 2.45) is 5.92 Å². The summed E-state index contributed by atoms with van der Waals surface area (Å²) in [4.78, 5) is 36.8. The third-order valence-electron chi connectivity index (χ3n) is 3.77. The van der Waals surface area contributed by atoms with Gasteiger partial charge in [0.1, 0.15) is 11.8 Å². The summed E-state index contributed by atoms with van der Waals surface area (Å²) in [5, 5.41) is 11.5. The number of amides is 2. The van der Waals surface area contributed by atoms with Crippen LogP contribution in [0.1, 0.15) is 38.1 Å². The number of nitrogens with one attached hydrogen (secondary N) is 1. The number of hydrogen-bond acceptors (Lipinski definition) is 4. The Balaban J connectivity index is 2.60. The molecule has 7 nitrogen and oxygen atoms in total. The molecule has 1 aromatic carbocycles. The molecule has 7 heteroatoms. The molecule has 0 saturated heterocycles. The zero-order valence-corrected chi connectivity index (χ0v) is 15.1. The van der Waals surface area contributed by atoms with Crippen LogP contribution in [0, 0.1) is 5.92 Å². The van der Waals surface area contributed by atoms with Gasteiger partial charge >= 0.3 is 5.97 Å². The van der Waals surface area contributed by atoms with Crippen LogP contribution in [0.15, 0.2) is 24.3 Å². The van der Waals surface area contributed by atoms with Gasteiger partial charge in [-0.1, -0.05) is 13.8 Å². The molecule has 0 aliphatic heterocycles. The summed E-state index contributed by atoms with van der Waals surface area (Å²) in [6.07, 6.45) is 0. The minimum absolute atomic E-state index is 0.0597. The van der Waals surface area contributed by atoms with Crippen molar-refractivity contribution < 1.29 is 24.2 Å². The fourth-order valence-corrected chi connectivity index (χ4v) is 2.26. The lowest BCUT2D eigenvalue weighted by Crippen LogP contribution is -2.46. The quantitative estimate of drug-likeness (QED) is 0.708. The zero-order valence-electron chi connectivity index (χ0n) is 15.1. The molecular weight excluding hydrogens is 324 g/mol. The van der Waals surface area contributed by atoms with Crippen molar-refractivity contribution in [1.29, 1.82) is 0 Å². The molecule has 1 aromatic rings. The Morgan fingerprint density at radius 1 is 1.12 bits per heavy atom. The molecule has 0 saturated carbocycles. The molecular formula is C18H26N2O5. The summed E-state index contributed by atoms with van der Waals surface area (Å²) in [5.41, 5.74) is 0.547. The normalized spacial score (nSPS) is 11.7. The smallest absolute Gasteiger partial charge is 0.326 e. The van der Waals surface area contributed by atoms with Gasteiger partial charge in [0, 0.05) is 18.7 Å². The number of hydrogen-bond donors (Lipinski definition) is 2. The molecule has 0 heterocycles. The van der Waals surface area contributed by atoms with Gasteiger partial charge in [0.15, 0.2) is 6.61 Å². The molecule has 2 amide bonds. The van der Waals surface area contributed by atoms with Crippen molar-refractivity contribution in [1.82, 2.24) is 10.2 Å². The topological polar surface area (TPSA) is 95.9 Å². The first-order chi connectivity index (χ1) is 11.8. The second kappa shape index (κ2) is 9.66. The van der Waals surface area contributed by atoms with Gasteiger partial charge in [-0.05, 0) is 44.0 Å². The number of carbonyl (C=O) groups is 3. The largest absolute Gasteiger partial charge is 0.484 e. The highest BCUT2D eigenvalue weighted by Crippen LogP contribution is 2.14. The van der Waals surface area contributed by atoms with Crippen molar-refractivity contribution in [2.45, 2.75) is 33.7 Å². The molecule has 0 bridgehead atoms. The molecule has 1 unspecified atom stereocenters. The summed E-state index contributed by atoms with van der Waals surface area (Å²) in [5.74, 6) is -1.45. The lowest BCUT2D eigenvalue weighted by Gasteiger charge is -2.19. The van der Waals surface area contributed by atoms with Gasteiger partial charge in [-0.2, -0.15) is 0 Å². The van der Waals surface area contributed by atoms with Crippen molar-refractivity contribution in [3.63, 3.8) is 0 Å². The fourth-order valence-electron chi connectivity index (χ4n) is 2.26. The first-order valence-corrected chi connectivity index (χ1v) is 8.34. The SMILES string of the molecule is CCN(CC)C(=O)c1ccc(OCC(=O)NC(C(=O)O)C(C)C)cc1. The van der Waals surface area contributed by atoms with E-state index in [0.29, 0.717) is 24.4 Å². The predicted octanol–water partition coefficient (Wildman–Crippen LogP) is 1.77. The maximum atomic E-state index is 12.2. The van der Waals surface area contributed by atoms with Crippen molar-refractivity contribution in [3.05, 3.63) is 29.8 Å². The van der Waals surface area contributed by atoms with E-state index in [1.807, 2.05) is 13.8 Å². The monoisotopic (exact) mass is 350 g/mol. The number of rotatable bonds is 9. The Labute approximate surface area is 148 Å². The summed E-state index contributed by atoms with van der Waals surface area (Å²) < 4.78 is 5.35. The van der Waals surface area contributed by atoms with Crippen LogP contribution in [-0.4, -0.2) is 53.5 Å². The number of nitrogens with zero attached hydrogens (tertiary/aromatic N) is 1. The summed E-state index contributed by atoms with van der Waals surface area (Å²) in [7, 11) is 0. The minimum atomic E-state index is -1.08. The standard InChI is InChI=1S/C18H26N2O5/c1-5-20(6-2)17(22)13-7-9-14(10-8-13)25-11-15(21)19-16(12(3)4)18(23)24/h7-10,12,16H,5-6,11H2,1-4H3,(H,19,21)(H,23,24). The number of benzene rings is 1. The molecule has 0 fully saturated rings. The van der Waals surface area contributed by atoms with Crippen molar-refractivity contribution >= 4 is 17.8 Å². The Bertz CT molecular complexity index is 594. The second-order valence-electron chi connectivity index (χ2n) is 5.92. The maximum Gasteiger partial charge on any atom is 0.326 e. The average molecular weight is 350 g/mol. The second-order valence-corrected chi connectivity index (χ2v) is 5.92. The number of aliphatic carboxylic acids is 1. The van der Waals surface area contributed by atoms with Crippen LogP contribution in [0.2, 0.25) is 0 Å². The van der Waals surface area contributed by atoms with Crippen LogP contribution < -0.4 is 10.1 Å². The van der Waals surface area contributed by atoms with Crippen LogP contribution in [0.5, 0.6) is 5.75 Å². The van der Waals surface area contributed by atoms with Gasteiger partial charge in [0.25, 0.3) is 11.8 Å². The Kier molecular flexibility index (Phi) is 7.91. The van der Waals surface area contributed by atoms with Crippen LogP contribution in [-0.2, 0) is 9.59 Å². The molecule has 2 N–H and O–H groups in total. The summed E-state index contributed by atoms with van der Waals surface area (Å²) in [6, 6.07) is 5.55. The van der Waals surface area contributed by atoms with E-state index in [0.717, 1.165) is 0 Å². The van der Waals surface area contributed by atoms with Crippen LogP contribution in [0.25, 0.3) is 0 Å². The first-order valence-electron chi connectivity index (χ1n) is 8.34.